The van der Waals surface area contributed by atoms with Crippen LogP contribution in [0.15, 0.2) is 24.3 Å². The van der Waals surface area contributed by atoms with Gasteiger partial charge in [0.15, 0.2) is 0 Å². The van der Waals surface area contributed by atoms with Crippen LogP contribution in [0.25, 0.3) is 0 Å². The summed E-state index contributed by atoms with van der Waals surface area (Å²) in [6.45, 7) is 1.39. The van der Waals surface area contributed by atoms with Gasteiger partial charge in [0.25, 0.3) is 0 Å². The maximum absolute atomic E-state index is 11.5. The van der Waals surface area contributed by atoms with E-state index in [0.717, 1.165) is 0 Å². The lowest BCUT2D eigenvalue weighted by Crippen LogP contribution is -2.35. The van der Waals surface area contributed by atoms with Crippen molar-refractivity contribution in [2.24, 2.45) is 5.92 Å². The Morgan fingerprint density at radius 1 is 1.44 bits per heavy atom. The molecule has 5 nitrogen and oxygen atoms in total. The van der Waals surface area contributed by atoms with Crippen LogP contribution in [-0.2, 0) is 9.59 Å². The minimum Gasteiger partial charge on any atom is -0.491 e. The van der Waals surface area contributed by atoms with Crippen LogP contribution in [-0.4, -0.2) is 30.1 Å². The first-order valence-electron chi connectivity index (χ1n) is 5.37. The Bertz CT molecular complexity index is 436. The summed E-state index contributed by atoms with van der Waals surface area (Å²) < 4.78 is 5.39. The number of para-hydroxylation sites is 1. The number of rotatable bonds is 6. The molecule has 1 unspecified atom stereocenters. The van der Waals surface area contributed by atoms with E-state index >= 15 is 0 Å². The van der Waals surface area contributed by atoms with Gasteiger partial charge in [0, 0.05) is 0 Å². The van der Waals surface area contributed by atoms with Gasteiger partial charge in [-0.1, -0.05) is 30.7 Å². The molecule has 1 aromatic rings. The number of carbonyl (C=O) groups is 2. The molecule has 0 fully saturated rings. The molecule has 0 aliphatic carbocycles. The zero-order valence-electron chi connectivity index (χ0n) is 9.85. The van der Waals surface area contributed by atoms with Gasteiger partial charge < -0.3 is 15.2 Å². The summed E-state index contributed by atoms with van der Waals surface area (Å²) in [6.07, 6.45) is 0. The molecule has 0 radical (unpaired) electrons. The number of carboxylic acids is 1. The third kappa shape index (κ3) is 4.63. The van der Waals surface area contributed by atoms with E-state index in [1.54, 1.807) is 31.2 Å². The van der Waals surface area contributed by atoms with Crippen LogP contribution >= 0.6 is 11.6 Å². The Morgan fingerprint density at radius 3 is 2.72 bits per heavy atom. The van der Waals surface area contributed by atoms with E-state index in [1.165, 1.54) is 0 Å². The molecule has 18 heavy (non-hydrogen) atoms. The number of amides is 1. The molecule has 0 aliphatic heterocycles. The van der Waals surface area contributed by atoms with Gasteiger partial charge in [-0.2, -0.15) is 0 Å². The van der Waals surface area contributed by atoms with Crippen LogP contribution in [0.3, 0.4) is 0 Å². The van der Waals surface area contributed by atoms with Gasteiger partial charge in [-0.3, -0.25) is 9.59 Å². The normalized spacial score (nSPS) is 11.7. The predicted octanol–water partition coefficient (Wildman–Crippen LogP) is 1.56. The summed E-state index contributed by atoms with van der Waals surface area (Å²) in [5, 5.41) is 11.2. The topological polar surface area (TPSA) is 75.6 Å². The first-order chi connectivity index (χ1) is 8.50. The highest BCUT2D eigenvalue weighted by molar-refractivity contribution is 6.32. The summed E-state index contributed by atoms with van der Waals surface area (Å²) in [5.74, 6) is -1.41. The largest absolute Gasteiger partial charge is 0.491 e. The van der Waals surface area contributed by atoms with Gasteiger partial charge in [-0.05, 0) is 12.1 Å². The molecule has 0 heterocycles. The van der Waals surface area contributed by atoms with Gasteiger partial charge in [0.2, 0.25) is 5.91 Å². The average molecular weight is 272 g/mol. The monoisotopic (exact) mass is 271 g/mol. The highest BCUT2D eigenvalue weighted by Crippen LogP contribution is 2.23. The lowest BCUT2D eigenvalue weighted by molar-refractivity contribution is -0.138. The molecule has 0 saturated carbocycles. The zero-order valence-corrected chi connectivity index (χ0v) is 10.6. The molecule has 2 N–H and O–H groups in total. The second-order valence-corrected chi connectivity index (χ2v) is 4.16. The fourth-order valence-electron chi connectivity index (χ4n) is 1.19. The molecule has 0 spiro atoms. The van der Waals surface area contributed by atoms with Crippen molar-refractivity contribution in [2.75, 3.05) is 13.2 Å². The SMILES string of the molecule is CC(COc1ccccc1Cl)C(=O)NCC(=O)O. The van der Waals surface area contributed by atoms with E-state index in [1.807, 2.05) is 0 Å². The number of hydrogen-bond acceptors (Lipinski definition) is 3. The highest BCUT2D eigenvalue weighted by atomic mass is 35.5. The van der Waals surface area contributed by atoms with Crippen LogP contribution < -0.4 is 10.1 Å². The van der Waals surface area contributed by atoms with Crippen molar-refractivity contribution >= 4 is 23.5 Å². The molecule has 1 atom stereocenters. The standard InChI is InChI=1S/C12H14ClNO4/c1-8(12(17)14-6-11(15)16)7-18-10-5-3-2-4-9(10)13/h2-5,8H,6-7H2,1H3,(H,14,17)(H,15,16). The van der Waals surface area contributed by atoms with E-state index in [4.69, 9.17) is 21.4 Å². The number of ether oxygens (including phenoxy) is 1. The van der Waals surface area contributed by atoms with Crippen molar-refractivity contribution in [3.63, 3.8) is 0 Å². The minimum atomic E-state index is -1.08. The summed E-state index contributed by atoms with van der Waals surface area (Å²) in [5.41, 5.74) is 0. The Hall–Kier alpha value is -1.75. The number of halogens is 1. The van der Waals surface area contributed by atoms with E-state index in [-0.39, 0.29) is 12.5 Å². The van der Waals surface area contributed by atoms with Crippen molar-refractivity contribution in [1.82, 2.24) is 5.32 Å². The number of hydrogen-bond donors (Lipinski definition) is 2. The van der Waals surface area contributed by atoms with Gasteiger partial charge in [-0.15, -0.1) is 0 Å². The minimum absolute atomic E-state index is 0.134. The summed E-state index contributed by atoms with van der Waals surface area (Å²) in [6, 6.07) is 6.94. The van der Waals surface area contributed by atoms with Crippen LogP contribution in [0.5, 0.6) is 5.75 Å². The third-order valence-electron chi connectivity index (χ3n) is 2.19. The maximum Gasteiger partial charge on any atom is 0.322 e. The van der Waals surface area contributed by atoms with Crippen molar-refractivity contribution in [1.29, 1.82) is 0 Å². The van der Waals surface area contributed by atoms with Crippen LogP contribution in [0.2, 0.25) is 5.02 Å². The molecule has 0 aliphatic rings. The molecule has 0 aromatic heterocycles. The van der Waals surface area contributed by atoms with E-state index in [9.17, 15) is 9.59 Å². The Labute approximate surface area is 110 Å². The second-order valence-electron chi connectivity index (χ2n) is 3.75. The Kier molecular flexibility index (Phi) is 5.45. The van der Waals surface area contributed by atoms with E-state index in [0.29, 0.717) is 10.8 Å². The molecular weight excluding hydrogens is 258 g/mol. The lowest BCUT2D eigenvalue weighted by Gasteiger charge is -2.13. The number of carbonyl (C=O) groups excluding carboxylic acids is 1. The van der Waals surface area contributed by atoms with Crippen molar-refractivity contribution < 1.29 is 19.4 Å². The Balaban J connectivity index is 2.41. The van der Waals surface area contributed by atoms with Crippen LogP contribution in [0, 0.1) is 5.92 Å². The second kappa shape index (κ2) is 6.86. The average Bonchev–Trinajstić information content (AvgIpc) is 2.34. The molecule has 0 bridgehead atoms. The van der Waals surface area contributed by atoms with Crippen LogP contribution in [0.1, 0.15) is 6.92 Å². The van der Waals surface area contributed by atoms with Crippen molar-refractivity contribution in [3.8, 4) is 5.75 Å². The first kappa shape index (κ1) is 14.3. The molecule has 1 aromatic carbocycles. The molecular formula is C12H14ClNO4. The molecule has 0 saturated heterocycles. The highest BCUT2D eigenvalue weighted by Gasteiger charge is 2.14. The fraction of sp³-hybridized carbons (Fsp3) is 0.333. The summed E-state index contributed by atoms with van der Waals surface area (Å²) in [7, 11) is 0. The van der Waals surface area contributed by atoms with Gasteiger partial charge in [0.05, 0.1) is 17.5 Å². The van der Waals surface area contributed by atoms with Crippen molar-refractivity contribution in [3.05, 3.63) is 29.3 Å². The maximum atomic E-state index is 11.5. The van der Waals surface area contributed by atoms with E-state index in [2.05, 4.69) is 5.32 Å². The van der Waals surface area contributed by atoms with Gasteiger partial charge in [0.1, 0.15) is 12.3 Å². The number of benzene rings is 1. The quantitative estimate of drug-likeness (QED) is 0.823. The zero-order chi connectivity index (χ0) is 13.5. The first-order valence-corrected chi connectivity index (χ1v) is 5.75. The fourth-order valence-corrected chi connectivity index (χ4v) is 1.38. The number of aliphatic carboxylic acids is 1. The van der Waals surface area contributed by atoms with Gasteiger partial charge >= 0.3 is 5.97 Å². The lowest BCUT2D eigenvalue weighted by atomic mass is 10.2. The number of carboxylic acid groups (broad SMARTS) is 1. The third-order valence-corrected chi connectivity index (χ3v) is 2.50. The number of nitrogens with one attached hydrogen (secondary N) is 1. The predicted molar refractivity (Wildman–Crippen MR) is 66.8 cm³/mol. The summed E-state index contributed by atoms with van der Waals surface area (Å²) >= 11 is 5.89. The molecule has 6 heteroatoms. The van der Waals surface area contributed by atoms with E-state index < -0.39 is 18.4 Å². The van der Waals surface area contributed by atoms with Crippen LogP contribution in [0.4, 0.5) is 0 Å². The summed E-state index contributed by atoms with van der Waals surface area (Å²) in [4.78, 5) is 21.8. The van der Waals surface area contributed by atoms with Crippen molar-refractivity contribution in [2.45, 2.75) is 6.92 Å². The van der Waals surface area contributed by atoms with Gasteiger partial charge in [-0.25, -0.2) is 0 Å². The smallest absolute Gasteiger partial charge is 0.322 e. The molecule has 98 valence electrons. The molecule has 1 amide bonds. The Morgan fingerprint density at radius 2 is 2.11 bits per heavy atom. The molecule has 1 rings (SSSR count).